The van der Waals surface area contributed by atoms with Crippen molar-refractivity contribution in [2.75, 3.05) is 13.7 Å². The van der Waals surface area contributed by atoms with Crippen LogP contribution in [0.4, 0.5) is 10.5 Å². The van der Waals surface area contributed by atoms with Gasteiger partial charge in [0.1, 0.15) is 6.61 Å². The standard InChI is InChI=1S/C18H19N3O6/c1-3-26-17-10-13(11-19-20-18(22)25-2)8-9-16(17)27-12-14-6-4-5-7-15(14)21(23)24/h4-11H,3,12H2,1-2H3,(H,20,22)/b19-11+. The molecule has 142 valence electrons. The van der Waals surface area contributed by atoms with E-state index in [1.54, 1.807) is 36.4 Å². The zero-order valence-corrected chi connectivity index (χ0v) is 14.9. The van der Waals surface area contributed by atoms with Crippen molar-refractivity contribution in [3.63, 3.8) is 0 Å². The Morgan fingerprint density at radius 2 is 2.00 bits per heavy atom. The number of hydrogen-bond acceptors (Lipinski definition) is 7. The number of nitrogens with zero attached hydrogens (tertiary/aromatic N) is 2. The molecule has 0 radical (unpaired) electrons. The van der Waals surface area contributed by atoms with Crippen LogP contribution in [0.2, 0.25) is 0 Å². The molecule has 0 atom stereocenters. The first-order chi connectivity index (χ1) is 13.0. The molecule has 0 aliphatic rings. The number of ether oxygens (including phenoxy) is 3. The number of para-hydroxylation sites is 1. The maximum absolute atomic E-state index is 11.1. The van der Waals surface area contributed by atoms with Gasteiger partial charge in [-0.1, -0.05) is 12.1 Å². The van der Waals surface area contributed by atoms with Crippen LogP contribution in [0, 0.1) is 10.1 Å². The van der Waals surface area contributed by atoms with Gasteiger partial charge in [0.05, 0.1) is 30.4 Å². The largest absolute Gasteiger partial charge is 0.490 e. The summed E-state index contributed by atoms with van der Waals surface area (Å²) >= 11 is 0. The first-order valence-corrected chi connectivity index (χ1v) is 8.04. The molecule has 0 aromatic heterocycles. The van der Waals surface area contributed by atoms with Crippen molar-refractivity contribution in [1.29, 1.82) is 0 Å². The highest BCUT2D eigenvalue weighted by Gasteiger charge is 2.14. The van der Waals surface area contributed by atoms with E-state index in [4.69, 9.17) is 9.47 Å². The Labute approximate surface area is 155 Å². The van der Waals surface area contributed by atoms with E-state index in [0.29, 0.717) is 29.2 Å². The van der Waals surface area contributed by atoms with E-state index in [1.165, 1.54) is 19.4 Å². The molecule has 0 bridgehead atoms. The smallest absolute Gasteiger partial charge is 0.427 e. The molecule has 0 unspecified atom stereocenters. The number of nitro benzene ring substituents is 1. The summed E-state index contributed by atoms with van der Waals surface area (Å²) < 4.78 is 15.7. The number of rotatable bonds is 8. The molecular weight excluding hydrogens is 354 g/mol. The molecule has 0 spiro atoms. The van der Waals surface area contributed by atoms with Crippen molar-refractivity contribution in [3.8, 4) is 11.5 Å². The summed E-state index contributed by atoms with van der Waals surface area (Å²) in [5.74, 6) is 0.895. The minimum atomic E-state index is -0.680. The maximum Gasteiger partial charge on any atom is 0.427 e. The van der Waals surface area contributed by atoms with Crippen LogP contribution in [0.5, 0.6) is 11.5 Å². The Balaban J connectivity index is 2.14. The molecule has 27 heavy (non-hydrogen) atoms. The Morgan fingerprint density at radius 3 is 2.70 bits per heavy atom. The topological polar surface area (TPSA) is 112 Å². The fourth-order valence-electron chi connectivity index (χ4n) is 2.16. The summed E-state index contributed by atoms with van der Waals surface area (Å²) in [5.41, 5.74) is 3.29. The van der Waals surface area contributed by atoms with Crippen LogP contribution in [0.15, 0.2) is 47.6 Å². The number of hydrazone groups is 1. The van der Waals surface area contributed by atoms with Crippen LogP contribution >= 0.6 is 0 Å². The highest BCUT2D eigenvalue weighted by Crippen LogP contribution is 2.30. The lowest BCUT2D eigenvalue weighted by molar-refractivity contribution is -0.385. The van der Waals surface area contributed by atoms with Gasteiger partial charge in [0.15, 0.2) is 11.5 Å². The molecule has 0 heterocycles. The van der Waals surface area contributed by atoms with Gasteiger partial charge in [0.25, 0.3) is 5.69 Å². The van der Waals surface area contributed by atoms with Gasteiger partial charge in [0.2, 0.25) is 0 Å². The molecule has 9 heteroatoms. The van der Waals surface area contributed by atoms with E-state index in [2.05, 4.69) is 15.3 Å². The molecule has 1 amide bonds. The molecule has 0 aliphatic carbocycles. The van der Waals surface area contributed by atoms with Gasteiger partial charge in [-0.2, -0.15) is 5.10 Å². The number of nitrogens with one attached hydrogen (secondary N) is 1. The second-order valence-electron chi connectivity index (χ2n) is 5.18. The molecular formula is C18H19N3O6. The lowest BCUT2D eigenvalue weighted by atomic mass is 10.2. The monoisotopic (exact) mass is 373 g/mol. The summed E-state index contributed by atoms with van der Waals surface area (Å²) in [7, 11) is 1.24. The van der Waals surface area contributed by atoms with Crippen molar-refractivity contribution < 1.29 is 23.9 Å². The molecule has 2 aromatic rings. The van der Waals surface area contributed by atoms with Crippen molar-refractivity contribution in [3.05, 3.63) is 63.7 Å². The Kier molecular flexibility index (Phi) is 7.12. The first kappa shape index (κ1) is 19.7. The minimum Gasteiger partial charge on any atom is -0.490 e. The lowest BCUT2D eigenvalue weighted by Gasteiger charge is -2.12. The van der Waals surface area contributed by atoms with E-state index in [1.807, 2.05) is 6.92 Å². The third-order valence-electron chi connectivity index (χ3n) is 3.39. The van der Waals surface area contributed by atoms with Gasteiger partial charge in [-0.25, -0.2) is 10.2 Å². The normalized spacial score (nSPS) is 10.4. The number of benzene rings is 2. The highest BCUT2D eigenvalue weighted by molar-refractivity contribution is 5.82. The summed E-state index contributed by atoms with van der Waals surface area (Å²) in [4.78, 5) is 21.6. The molecule has 2 aromatic carbocycles. The predicted octanol–water partition coefficient (Wildman–Crippen LogP) is 3.26. The predicted molar refractivity (Wildman–Crippen MR) is 98.2 cm³/mol. The van der Waals surface area contributed by atoms with Crippen LogP contribution in [0.25, 0.3) is 0 Å². The Morgan fingerprint density at radius 1 is 1.22 bits per heavy atom. The van der Waals surface area contributed by atoms with E-state index in [-0.39, 0.29) is 12.3 Å². The minimum absolute atomic E-state index is 0.00639. The average molecular weight is 373 g/mol. The van der Waals surface area contributed by atoms with Gasteiger partial charge in [-0.3, -0.25) is 10.1 Å². The lowest BCUT2D eigenvalue weighted by Crippen LogP contribution is -2.16. The number of nitro groups is 1. The summed E-state index contributed by atoms with van der Waals surface area (Å²) in [5, 5.41) is 14.8. The average Bonchev–Trinajstić information content (AvgIpc) is 2.67. The molecule has 0 saturated carbocycles. The number of methoxy groups -OCH3 is 1. The van der Waals surface area contributed by atoms with Crippen LogP contribution < -0.4 is 14.9 Å². The fourth-order valence-corrected chi connectivity index (χ4v) is 2.16. The number of hydrogen-bond donors (Lipinski definition) is 1. The maximum atomic E-state index is 11.1. The molecule has 0 saturated heterocycles. The zero-order chi connectivity index (χ0) is 19.6. The quantitative estimate of drug-likeness (QED) is 0.432. The third kappa shape index (κ3) is 5.70. The van der Waals surface area contributed by atoms with E-state index in [0.717, 1.165) is 0 Å². The van der Waals surface area contributed by atoms with E-state index < -0.39 is 11.0 Å². The summed E-state index contributed by atoms with van der Waals surface area (Å²) in [6, 6.07) is 11.4. The second kappa shape index (κ2) is 9.76. The van der Waals surface area contributed by atoms with Gasteiger partial charge in [-0.05, 0) is 36.8 Å². The molecule has 9 nitrogen and oxygen atoms in total. The second-order valence-corrected chi connectivity index (χ2v) is 5.18. The van der Waals surface area contributed by atoms with E-state index in [9.17, 15) is 14.9 Å². The van der Waals surface area contributed by atoms with Crippen molar-refractivity contribution in [2.24, 2.45) is 5.10 Å². The van der Waals surface area contributed by atoms with Crippen molar-refractivity contribution in [2.45, 2.75) is 13.5 Å². The van der Waals surface area contributed by atoms with Gasteiger partial charge in [-0.15, -0.1) is 0 Å². The Hall–Kier alpha value is -3.62. The fraction of sp³-hybridized carbons (Fsp3) is 0.222. The van der Waals surface area contributed by atoms with Crippen LogP contribution in [0.1, 0.15) is 18.1 Å². The molecule has 1 N–H and O–H groups in total. The zero-order valence-electron chi connectivity index (χ0n) is 14.9. The van der Waals surface area contributed by atoms with E-state index >= 15 is 0 Å². The Bertz CT molecular complexity index is 838. The van der Waals surface area contributed by atoms with Gasteiger partial charge < -0.3 is 14.2 Å². The summed E-state index contributed by atoms with van der Waals surface area (Å²) in [6.07, 6.45) is 0.742. The van der Waals surface area contributed by atoms with Crippen LogP contribution in [0.3, 0.4) is 0 Å². The van der Waals surface area contributed by atoms with Crippen LogP contribution in [-0.2, 0) is 11.3 Å². The third-order valence-corrected chi connectivity index (χ3v) is 3.39. The molecule has 0 aliphatic heterocycles. The summed E-state index contributed by atoms with van der Waals surface area (Å²) in [6.45, 7) is 2.25. The van der Waals surface area contributed by atoms with Crippen LogP contribution in [-0.4, -0.2) is 30.9 Å². The van der Waals surface area contributed by atoms with Gasteiger partial charge in [0, 0.05) is 6.07 Å². The van der Waals surface area contributed by atoms with Crippen molar-refractivity contribution in [1.82, 2.24) is 5.43 Å². The number of carbonyl (C=O) groups excluding carboxylic acids is 1. The van der Waals surface area contributed by atoms with Gasteiger partial charge >= 0.3 is 6.09 Å². The number of amides is 1. The molecule has 2 rings (SSSR count). The first-order valence-electron chi connectivity index (χ1n) is 8.04. The SMILES string of the molecule is CCOc1cc(/C=N/NC(=O)OC)ccc1OCc1ccccc1[N+](=O)[O-]. The van der Waals surface area contributed by atoms with Crippen molar-refractivity contribution >= 4 is 18.0 Å². The highest BCUT2D eigenvalue weighted by atomic mass is 16.6. The number of carbonyl (C=O) groups is 1. The molecule has 0 fully saturated rings.